The quantitative estimate of drug-likeness (QED) is 0.726. The third-order valence-electron chi connectivity index (χ3n) is 5.03. The first-order valence-electron chi connectivity index (χ1n) is 9.62. The summed E-state index contributed by atoms with van der Waals surface area (Å²) < 4.78 is 38.4. The Morgan fingerprint density at radius 2 is 2.00 bits per heavy atom. The molecule has 1 aromatic carbocycles. The summed E-state index contributed by atoms with van der Waals surface area (Å²) >= 11 is 0. The number of anilines is 1. The molecule has 10 heteroatoms. The van der Waals surface area contributed by atoms with Crippen molar-refractivity contribution in [2.24, 2.45) is 0 Å². The van der Waals surface area contributed by atoms with Crippen molar-refractivity contribution in [2.75, 3.05) is 39.2 Å². The van der Waals surface area contributed by atoms with Gasteiger partial charge in [-0.25, -0.2) is 18.4 Å². The van der Waals surface area contributed by atoms with Gasteiger partial charge < -0.3 is 20.1 Å². The van der Waals surface area contributed by atoms with Crippen molar-refractivity contribution in [3.8, 4) is 11.5 Å². The Kier molecular flexibility index (Phi) is 5.57. The van der Waals surface area contributed by atoms with Gasteiger partial charge in [-0.2, -0.15) is 4.31 Å². The minimum Gasteiger partial charge on any atom is -0.486 e. The highest BCUT2D eigenvalue weighted by molar-refractivity contribution is 7.89. The van der Waals surface area contributed by atoms with Gasteiger partial charge in [0.05, 0.1) is 23.2 Å². The van der Waals surface area contributed by atoms with Crippen LogP contribution in [0.4, 0.5) is 5.82 Å². The zero-order valence-corrected chi connectivity index (χ0v) is 17.3. The highest BCUT2D eigenvalue weighted by Gasteiger charge is 2.25. The number of rotatable bonds is 6. The standard InChI is InChI=1S/C19H25N5O4S/c1-20-18-10-13(22-19(23-18)15-4-3-7-21-15)12-24(2)29(25,26)14-5-6-16-17(11-14)28-9-8-27-16/h5-6,10-11,15,21H,3-4,7-9,12H2,1-2H3,(H,20,22,23)/t15-/m0/s1. The van der Waals surface area contributed by atoms with Gasteiger partial charge in [0.2, 0.25) is 10.0 Å². The summed E-state index contributed by atoms with van der Waals surface area (Å²) in [5, 5.41) is 6.41. The summed E-state index contributed by atoms with van der Waals surface area (Å²) in [4.78, 5) is 9.30. The van der Waals surface area contributed by atoms with Crippen molar-refractivity contribution in [3.05, 3.63) is 35.8 Å². The molecule has 156 valence electrons. The van der Waals surface area contributed by atoms with Gasteiger partial charge in [-0.15, -0.1) is 0 Å². The molecule has 0 bridgehead atoms. The van der Waals surface area contributed by atoms with Crippen molar-refractivity contribution < 1.29 is 17.9 Å². The third-order valence-corrected chi connectivity index (χ3v) is 6.83. The van der Waals surface area contributed by atoms with E-state index >= 15 is 0 Å². The van der Waals surface area contributed by atoms with Crippen LogP contribution in [0, 0.1) is 0 Å². The summed E-state index contributed by atoms with van der Waals surface area (Å²) in [6, 6.07) is 6.54. The molecule has 0 aliphatic carbocycles. The van der Waals surface area contributed by atoms with Crippen molar-refractivity contribution >= 4 is 15.8 Å². The Labute approximate surface area is 170 Å². The first-order chi connectivity index (χ1) is 14.0. The second-order valence-electron chi connectivity index (χ2n) is 7.07. The molecule has 1 aromatic heterocycles. The van der Waals surface area contributed by atoms with Crippen LogP contribution in [-0.2, 0) is 16.6 Å². The number of hydrogen-bond donors (Lipinski definition) is 2. The van der Waals surface area contributed by atoms with E-state index in [2.05, 4.69) is 20.6 Å². The van der Waals surface area contributed by atoms with Crippen LogP contribution in [0.5, 0.6) is 11.5 Å². The first-order valence-corrected chi connectivity index (χ1v) is 11.1. The summed E-state index contributed by atoms with van der Waals surface area (Å²) in [6.45, 7) is 1.93. The van der Waals surface area contributed by atoms with Crippen molar-refractivity contribution in [2.45, 2.75) is 30.3 Å². The minimum atomic E-state index is -3.72. The summed E-state index contributed by atoms with van der Waals surface area (Å²) in [6.07, 6.45) is 2.05. The predicted octanol–water partition coefficient (Wildman–Crippen LogP) is 1.53. The Hall–Kier alpha value is -2.43. The van der Waals surface area contributed by atoms with E-state index in [1.165, 1.54) is 16.4 Å². The van der Waals surface area contributed by atoms with Gasteiger partial charge in [0.15, 0.2) is 11.5 Å². The molecule has 4 rings (SSSR count). The van der Waals surface area contributed by atoms with E-state index in [0.717, 1.165) is 19.4 Å². The number of benzene rings is 1. The van der Waals surface area contributed by atoms with Crippen molar-refractivity contribution in [1.29, 1.82) is 0 Å². The molecule has 29 heavy (non-hydrogen) atoms. The highest BCUT2D eigenvalue weighted by Crippen LogP contribution is 2.33. The largest absolute Gasteiger partial charge is 0.486 e. The van der Waals surface area contributed by atoms with E-state index < -0.39 is 10.0 Å². The first kappa shape index (κ1) is 19.9. The molecule has 0 spiro atoms. The van der Waals surface area contributed by atoms with Crippen LogP contribution in [0.25, 0.3) is 0 Å². The van der Waals surface area contributed by atoms with Gasteiger partial charge in [-0.1, -0.05) is 0 Å². The van der Waals surface area contributed by atoms with Crippen LogP contribution in [0.15, 0.2) is 29.2 Å². The van der Waals surface area contributed by atoms with E-state index in [-0.39, 0.29) is 17.5 Å². The fourth-order valence-corrected chi connectivity index (χ4v) is 4.62. The summed E-state index contributed by atoms with van der Waals surface area (Å²) in [5.74, 6) is 2.36. The van der Waals surface area contributed by atoms with Crippen LogP contribution in [-0.4, -0.2) is 56.5 Å². The molecule has 0 radical (unpaired) electrons. The smallest absolute Gasteiger partial charge is 0.243 e. The molecule has 3 heterocycles. The fraction of sp³-hybridized carbons (Fsp3) is 0.474. The maximum absolute atomic E-state index is 13.1. The van der Waals surface area contributed by atoms with E-state index in [1.54, 1.807) is 26.2 Å². The molecule has 2 aromatic rings. The molecule has 0 saturated carbocycles. The van der Waals surface area contributed by atoms with E-state index in [1.807, 2.05) is 0 Å². The molecule has 1 fully saturated rings. The number of nitrogens with zero attached hydrogens (tertiary/aromatic N) is 3. The molecular formula is C19H25N5O4S. The third kappa shape index (κ3) is 4.14. The molecule has 0 unspecified atom stereocenters. The van der Waals surface area contributed by atoms with Gasteiger partial charge in [-0.3, -0.25) is 0 Å². The lowest BCUT2D eigenvalue weighted by molar-refractivity contribution is 0.171. The number of aromatic nitrogens is 2. The molecule has 1 atom stereocenters. The fourth-order valence-electron chi connectivity index (χ4n) is 3.46. The average molecular weight is 420 g/mol. The molecule has 1 saturated heterocycles. The van der Waals surface area contributed by atoms with Gasteiger partial charge in [0, 0.05) is 26.2 Å². The maximum Gasteiger partial charge on any atom is 0.243 e. The van der Waals surface area contributed by atoms with Gasteiger partial charge in [0.25, 0.3) is 0 Å². The topological polar surface area (TPSA) is 106 Å². The minimum absolute atomic E-state index is 0.0988. The lowest BCUT2D eigenvalue weighted by Crippen LogP contribution is -2.28. The van der Waals surface area contributed by atoms with Gasteiger partial charge in [-0.05, 0) is 31.5 Å². The SMILES string of the molecule is CNc1cc(CN(C)S(=O)(=O)c2ccc3c(c2)OCCO3)nc([C@@H]2CCCN2)n1. The normalized spacial score (nSPS) is 18.8. The predicted molar refractivity (Wildman–Crippen MR) is 108 cm³/mol. The van der Waals surface area contributed by atoms with E-state index in [4.69, 9.17) is 9.47 Å². The lowest BCUT2D eigenvalue weighted by atomic mass is 10.2. The molecular weight excluding hydrogens is 394 g/mol. The average Bonchev–Trinajstić information content (AvgIpc) is 3.28. The number of fused-ring (bicyclic) bond motifs is 1. The second-order valence-corrected chi connectivity index (χ2v) is 9.11. The number of hydrogen-bond acceptors (Lipinski definition) is 8. The van der Waals surface area contributed by atoms with Gasteiger partial charge >= 0.3 is 0 Å². The zero-order chi connectivity index (χ0) is 20.4. The van der Waals surface area contributed by atoms with E-state index in [9.17, 15) is 8.42 Å². The monoisotopic (exact) mass is 419 g/mol. The Morgan fingerprint density at radius 1 is 1.21 bits per heavy atom. The van der Waals surface area contributed by atoms with Crippen molar-refractivity contribution in [1.82, 2.24) is 19.6 Å². The number of sulfonamides is 1. The van der Waals surface area contributed by atoms with E-state index in [0.29, 0.717) is 42.0 Å². The Balaban J connectivity index is 1.58. The van der Waals surface area contributed by atoms with Crippen LogP contribution in [0.3, 0.4) is 0 Å². The number of ether oxygens (including phenoxy) is 2. The van der Waals surface area contributed by atoms with Crippen molar-refractivity contribution in [3.63, 3.8) is 0 Å². The lowest BCUT2D eigenvalue weighted by Gasteiger charge is -2.21. The molecule has 2 N–H and O–H groups in total. The van der Waals surface area contributed by atoms with Crippen LogP contribution in [0.2, 0.25) is 0 Å². The Bertz CT molecular complexity index is 992. The number of nitrogens with one attached hydrogen (secondary N) is 2. The highest BCUT2D eigenvalue weighted by atomic mass is 32.2. The summed E-state index contributed by atoms with van der Waals surface area (Å²) in [7, 11) is -0.393. The van der Waals surface area contributed by atoms with Crippen LogP contribution < -0.4 is 20.1 Å². The summed E-state index contributed by atoms with van der Waals surface area (Å²) in [5.41, 5.74) is 0.636. The second kappa shape index (κ2) is 8.13. The Morgan fingerprint density at radius 3 is 2.72 bits per heavy atom. The zero-order valence-electron chi connectivity index (χ0n) is 16.5. The molecule has 2 aliphatic heterocycles. The van der Waals surface area contributed by atoms with Gasteiger partial charge in [0.1, 0.15) is 24.9 Å². The molecule has 0 amide bonds. The maximum atomic E-state index is 13.1. The van der Waals surface area contributed by atoms with Crippen LogP contribution in [0.1, 0.15) is 30.4 Å². The molecule has 9 nitrogen and oxygen atoms in total. The molecule has 2 aliphatic rings. The van der Waals surface area contributed by atoms with Crippen LogP contribution >= 0.6 is 0 Å².